The summed E-state index contributed by atoms with van der Waals surface area (Å²) in [6, 6.07) is 6.35. The third-order valence-electron chi connectivity index (χ3n) is 2.28. The predicted octanol–water partition coefficient (Wildman–Crippen LogP) is 3.59. The SMILES string of the molecule is Cc1ccc(C)c(Sc2nc(N)ncc2Br)c1. The van der Waals surface area contributed by atoms with Gasteiger partial charge in [0.1, 0.15) is 5.03 Å². The second kappa shape index (κ2) is 5.06. The number of hydrogen-bond donors (Lipinski definition) is 1. The largest absolute Gasteiger partial charge is 0.368 e. The zero-order chi connectivity index (χ0) is 12.4. The molecule has 0 aliphatic heterocycles. The number of halogens is 1. The summed E-state index contributed by atoms with van der Waals surface area (Å²) in [4.78, 5) is 9.33. The lowest BCUT2D eigenvalue weighted by Gasteiger charge is -2.07. The van der Waals surface area contributed by atoms with Gasteiger partial charge in [0, 0.05) is 11.1 Å². The Morgan fingerprint density at radius 1 is 1.29 bits per heavy atom. The summed E-state index contributed by atoms with van der Waals surface area (Å²) in [5.41, 5.74) is 8.05. The van der Waals surface area contributed by atoms with Gasteiger partial charge in [-0.1, -0.05) is 23.9 Å². The van der Waals surface area contributed by atoms with E-state index in [-0.39, 0.29) is 0 Å². The predicted molar refractivity (Wildman–Crippen MR) is 74.2 cm³/mol. The summed E-state index contributed by atoms with van der Waals surface area (Å²) in [5, 5.41) is 0.839. The van der Waals surface area contributed by atoms with Gasteiger partial charge in [0.25, 0.3) is 0 Å². The molecule has 0 aliphatic rings. The van der Waals surface area contributed by atoms with Crippen molar-refractivity contribution >= 4 is 33.6 Å². The van der Waals surface area contributed by atoms with E-state index in [1.807, 2.05) is 0 Å². The molecule has 0 spiro atoms. The van der Waals surface area contributed by atoms with E-state index >= 15 is 0 Å². The van der Waals surface area contributed by atoms with Gasteiger partial charge < -0.3 is 5.73 Å². The topological polar surface area (TPSA) is 51.8 Å². The number of nitrogens with two attached hydrogens (primary N) is 1. The first kappa shape index (κ1) is 12.4. The van der Waals surface area contributed by atoms with Crippen LogP contribution in [0.4, 0.5) is 5.95 Å². The number of anilines is 1. The lowest BCUT2D eigenvalue weighted by Crippen LogP contribution is -1.96. The molecule has 0 saturated carbocycles. The summed E-state index contributed by atoms with van der Waals surface area (Å²) in [6.45, 7) is 4.16. The van der Waals surface area contributed by atoms with Gasteiger partial charge in [-0.05, 0) is 47.0 Å². The van der Waals surface area contributed by atoms with Crippen LogP contribution in [0.1, 0.15) is 11.1 Å². The van der Waals surface area contributed by atoms with Crippen LogP contribution in [0, 0.1) is 13.8 Å². The first-order valence-electron chi connectivity index (χ1n) is 5.09. The molecular formula is C12H12BrN3S. The van der Waals surface area contributed by atoms with Crippen molar-refractivity contribution in [3.8, 4) is 0 Å². The number of aryl methyl sites for hydroxylation is 2. The van der Waals surface area contributed by atoms with E-state index < -0.39 is 0 Å². The van der Waals surface area contributed by atoms with E-state index in [0.717, 1.165) is 9.50 Å². The minimum Gasteiger partial charge on any atom is -0.368 e. The number of rotatable bonds is 2. The molecule has 0 bridgehead atoms. The van der Waals surface area contributed by atoms with Crippen molar-refractivity contribution in [1.29, 1.82) is 0 Å². The standard InChI is InChI=1S/C12H12BrN3S/c1-7-3-4-8(2)10(5-7)17-11-9(13)6-15-12(14)16-11/h3-6H,1-2H3,(H2,14,15,16). The number of aromatic nitrogens is 2. The van der Waals surface area contributed by atoms with Crippen LogP contribution in [-0.4, -0.2) is 9.97 Å². The lowest BCUT2D eigenvalue weighted by molar-refractivity contribution is 1.04. The molecule has 5 heteroatoms. The van der Waals surface area contributed by atoms with Crippen LogP contribution in [0.25, 0.3) is 0 Å². The molecule has 2 aromatic rings. The summed E-state index contributed by atoms with van der Waals surface area (Å²) in [6.07, 6.45) is 1.68. The molecule has 0 atom stereocenters. The molecule has 0 saturated heterocycles. The first-order chi connectivity index (χ1) is 8.06. The Hall–Kier alpha value is -1.07. The third kappa shape index (κ3) is 2.98. The smallest absolute Gasteiger partial charge is 0.221 e. The molecule has 0 amide bonds. The third-order valence-corrected chi connectivity index (χ3v) is 4.29. The van der Waals surface area contributed by atoms with Crippen molar-refractivity contribution in [2.45, 2.75) is 23.8 Å². The fraction of sp³-hybridized carbons (Fsp3) is 0.167. The molecule has 3 nitrogen and oxygen atoms in total. The van der Waals surface area contributed by atoms with E-state index in [1.54, 1.807) is 18.0 Å². The zero-order valence-corrected chi connectivity index (χ0v) is 12.0. The molecule has 1 heterocycles. The van der Waals surface area contributed by atoms with Crippen LogP contribution in [0.3, 0.4) is 0 Å². The van der Waals surface area contributed by atoms with Gasteiger partial charge in [0.15, 0.2) is 0 Å². The average molecular weight is 310 g/mol. The maximum atomic E-state index is 5.59. The van der Waals surface area contributed by atoms with Crippen LogP contribution < -0.4 is 5.73 Å². The molecule has 1 aromatic carbocycles. The molecule has 2 rings (SSSR count). The van der Waals surface area contributed by atoms with Crippen LogP contribution in [-0.2, 0) is 0 Å². The van der Waals surface area contributed by atoms with Crippen molar-refractivity contribution < 1.29 is 0 Å². The molecule has 0 radical (unpaired) electrons. The normalized spacial score (nSPS) is 10.5. The molecular weight excluding hydrogens is 298 g/mol. The number of nitrogens with zero attached hydrogens (tertiary/aromatic N) is 2. The van der Waals surface area contributed by atoms with E-state index in [0.29, 0.717) is 5.95 Å². The molecule has 17 heavy (non-hydrogen) atoms. The fourth-order valence-corrected chi connectivity index (χ4v) is 2.76. The summed E-state index contributed by atoms with van der Waals surface area (Å²) >= 11 is 5.02. The Morgan fingerprint density at radius 2 is 2.06 bits per heavy atom. The highest BCUT2D eigenvalue weighted by atomic mass is 79.9. The monoisotopic (exact) mass is 309 g/mol. The highest BCUT2D eigenvalue weighted by Gasteiger charge is 2.07. The van der Waals surface area contributed by atoms with Crippen molar-refractivity contribution in [1.82, 2.24) is 9.97 Å². The lowest BCUT2D eigenvalue weighted by atomic mass is 10.2. The van der Waals surface area contributed by atoms with E-state index in [4.69, 9.17) is 5.73 Å². The molecule has 2 N–H and O–H groups in total. The number of benzene rings is 1. The van der Waals surface area contributed by atoms with E-state index in [1.165, 1.54) is 16.0 Å². The van der Waals surface area contributed by atoms with Gasteiger partial charge in [0.05, 0.1) is 4.47 Å². The minimum absolute atomic E-state index is 0.293. The first-order valence-corrected chi connectivity index (χ1v) is 6.70. The van der Waals surface area contributed by atoms with Gasteiger partial charge in [-0.25, -0.2) is 9.97 Å². The Morgan fingerprint density at radius 3 is 2.82 bits per heavy atom. The van der Waals surface area contributed by atoms with Crippen molar-refractivity contribution in [3.05, 3.63) is 40.0 Å². The molecule has 0 unspecified atom stereocenters. The second-order valence-corrected chi connectivity index (χ2v) is 5.64. The van der Waals surface area contributed by atoms with Gasteiger partial charge in [-0.2, -0.15) is 0 Å². The fourth-order valence-electron chi connectivity index (χ4n) is 1.36. The molecule has 0 fully saturated rings. The minimum atomic E-state index is 0.293. The molecule has 88 valence electrons. The Bertz CT molecular complexity index is 508. The second-order valence-electron chi connectivity index (χ2n) is 3.75. The quantitative estimate of drug-likeness (QED) is 0.861. The zero-order valence-electron chi connectivity index (χ0n) is 9.57. The molecule has 1 aromatic heterocycles. The number of nitrogen functional groups attached to an aromatic ring is 1. The molecule has 0 aliphatic carbocycles. The van der Waals surface area contributed by atoms with E-state index in [9.17, 15) is 0 Å². The van der Waals surface area contributed by atoms with Crippen molar-refractivity contribution in [2.24, 2.45) is 0 Å². The summed E-state index contributed by atoms with van der Waals surface area (Å²) in [7, 11) is 0. The highest BCUT2D eigenvalue weighted by molar-refractivity contribution is 9.10. The van der Waals surface area contributed by atoms with Crippen LogP contribution >= 0.6 is 27.7 Å². The van der Waals surface area contributed by atoms with Crippen LogP contribution in [0.5, 0.6) is 0 Å². The van der Waals surface area contributed by atoms with Crippen molar-refractivity contribution in [3.63, 3.8) is 0 Å². The maximum Gasteiger partial charge on any atom is 0.221 e. The summed E-state index contributed by atoms with van der Waals surface area (Å²) in [5.74, 6) is 0.293. The van der Waals surface area contributed by atoms with Gasteiger partial charge in [-0.3, -0.25) is 0 Å². The summed E-state index contributed by atoms with van der Waals surface area (Å²) < 4.78 is 0.859. The van der Waals surface area contributed by atoms with Gasteiger partial charge in [-0.15, -0.1) is 0 Å². The van der Waals surface area contributed by atoms with Crippen LogP contribution in [0.2, 0.25) is 0 Å². The van der Waals surface area contributed by atoms with Crippen LogP contribution in [0.15, 0.2) is 38.8 Å². The highest BCUT2D eigenvalue weighted by Crippen LogP contribution is 2.34. The van der Waals surface area contributed by atoms with Gasteiger partial charge in [0.2, 0.25) is 5.95 Å². The van der Waals surface area contributed by atoms with Crippen molar-refractivity contribution in [2.75, 3.05) is 5.73 Å². The Kier molecular flexibility index (Phi) is 3.69. The Balaban J connectivity index is 2.37. The average Bonchev–Trinajstić information content (AvgIpc) is 2.28. The van der Waals surface area contributed by atoms with E-state index in [2.05, 4.69) is 57.9 Å². The maximum absolute atomic E-state index is 5.59. The Labute approximate surface area is 113 Å². The number of hydrogen-bond acceptors (Lipinski definition) is 4. The van der Waals surface area contributed by atoms with Gasteiger partial charge >= 0.3 is 0 Å².